The van der Waals surface area contributed by atoms with Crippen LogP contribution in [-0.2, 0) is 9.59 Å². The lowest BCUT2D eigenvalue weighted by molar-refractivity contribution is -0.132. The Morgan fingerprint density at radius 3 is 2.31 bits per heavy atom. The van der Waals surface area contributed by atoms with Crippen LogP contribution < -0.4 is 9.64 Å². The maximum atomic E-state index is 13.4. The molecule has 1 saturated heterocycles. The van der Waals surface area contributed by atoms with Crippen LogP contribution in [0.5, 0.6) is 5.75 Å². The monoisotopic (exact) mass is 484 g/mol. The number of nitrogens with zero attached hydrogens (tertiary/aromatic N) is 2. The third kappa shape index (κ3) is 4.08. The van der Waals surface area contributed by atoms with Crippen LogP contribution in [0.1, 0.15) is 35.2 Å². The Hall–Kier alpha value is -3.97. The Morgan fingerprint density at radius 1 is 1.00 bits per heavy atom. The zero-order chi connectivity index (χ0) is 24.7. The van der Waals surface area contributed by atoms with E-state index in [2.05, 4.69) is 4.98 Å². The van der Waals surface area contributed by atoms with Crippen LogP contribution in [0.4, 0.5) is 5.13 Å². The Bertz CT molecular complexity index is 1470. The van der Waals surface area contributed by atoms with Crippen LogP contribution in [-0.4, -0.2) is 28.4 Å². The van der Waals surface area contributed by atoms with E-state index in [9.17, 15) is 14.7 Å². The van der Waals surface area contributed by atoms with E-state index in [1.807, 2.05) is 75.4 Å². The lowest BCUT2D eigenvalue weighted by atomic mass is 9.94. The van der Waals surface area contributed by atoms with E-state index in [1.54, 1.807) is 12.1 Å². The molecule has 35 heavy (non-hydrogen) atoms. The number of aromatic nitrogens is 1. The molecule has 1 N–H and O–H groups in total. The van der Waals surface area contributed by atoms with Gasteiger partial charge in [0.2, 0.25) is 0 Å². The Morgan fingerprint density at radius 2 is 1.66 bits per heavy atom. The molecule has 1 aliphatic heterocycles. The van der Waals surface area contributed by atoms with Gasteiger partial charge in [-0.3, -0.25) is 14.5 Å². The number of hydrogen-bond acceptors (Lipinski definition) is 6. The first kappa shape index (κ1) is 22.8. The normalized spacial score (nSPS) is 17.3. The van der Waals surface area contributed by atoms with Crippen molar-refractivity contribution in [3.05, 3.63) is 94.6 Å². The van der Waals surface area contributed by atoms with E-state index >= 15 is 0 Å². The quantitative estimate of drug-likeness (QED) is 0.215. The van der Waals surface area contributed by atoms with Crippen molar-refractivity contribution in [1.29, 1.82) is 0 Å². The van der Waals surface area contributed by atoms with E-state index in [-0.39, 0.29) is 11.3 Å². The minimum absolute atomic E-state index is 0.0527. The highest BCUT2D eigenvalue weighted by Gasteiger charge is 2.48. The first-order valence-corrected chi connectivity index (χ1v) is 12.2. The van der Waals surface area contributed by atoms with Crippen molar-refractivity contribution in [1.82, 2.24) is 4.98 Å². The molecule has 0 radical (unpaired) electrons. The number of ketones is 1. The van der Waals surface area contributed by atoms with Gasteiger partial charge < -0.3 is 9.84 Å². The number of rotatable bonds is 5. The fraction of sp³-hybridized carbons (Fsp3) is 0.179. The Labute approximate surface area is 207 Å². The standard InChI is InChI=1S/C28H24N2O4S/c1-4-34-20-13-14-21-22(15-20)35-28(29-21)30-24(18-9-5-16(2)6-10-18)23(26(32)27(30)33)25(31)19-11-7-17(3)8-12-19/h5-15,24,31H,4H2,1-3H3/b25-23+/t24-/m1/s1. The van der Waals surface area contributed by atoms with Gasteiger partial charge in [-0.2, -0.15) is 0 Å². The molecule has 1 aliphatic rings. The summed E-state index contributed by atoms with van der Waals surface area (Å²) in [5.74, 6) is -0.931. The van der Waals surface area contributed by atoms with Crippen LogP contribution >= 0.6 is 11.3 Å². The second kappa shape index (κ2) is 9.00. The minimum atomic E-state index is -0.802. The molecule has 0 saturated carbocycles. The van der Waals surface area contributed by atoms with Gasteiger partial charge in [0.1, 0.15) is 11.5 Å². The molecule has 4 aromatic rings. The average molecular weight is 485 g/mol. The van der Waals surface area contributed by atoms with E-state index in [4.69, 9.17) is 4.74 Å². The molecule has 176 valence electrons. The number of aryl methyl sites for hydroxylation is 2. The first-order valence-electron chi connectivity index (χ1n) is 11.4. The van der Waals surface area contributed by atoms with Gasteiger partial charge >= 0.3 is 5.91 Å². The summed E-state index contributed by atoms with van der Waals surface area (Å²) >= 11 is 1.31. The summed E-state index contributed by atoms with van der Waals surface area (Å²) in [6.45, 7) is 6.37. The number of hydrogen-bond donors (Lipinski definition) is 1. The molecular formula is C28H24N2O4S. The minimum Gasteiger partial charge on any atom is -0.507 e. The van der Waals surface area contributed by atoms with Crippen molar-refractivity contribution in [2.45, 2.75) is 26.8 Å². The molecule has 2 heterocycles. The van der Waals surface area contributed by atoms with Crippen molar-refractivity contribution in [2.75, 3.05) is 11.5 Å². The highest BCUT2D eigenvalue weighted by Crippen LogP contribution is 2.44. The largest absolute Gasteiger partial charge is 0.507 e. The van der Waals surface area contributed by atoms with Crippen LogP contribution in [0.3, 0.4) is 0 Å². The molecule has 0 spiro atoms. The SMILES string of the molecule is CCOc1ccc2nc(N3C(=O)C(=O)/C(=C(/O)c4ccc(C)cc4)[C@H]3c3ccc(C)cc3)sc2c1. The van der Waals surface area contributed by atoms with Crippen molar-refractivity contribution >= 4 is 44.1 Å². The van der Waals surface area contributed by atoms with Crippen molar-refractivity contribution < 1.29 is 19.4 Å². The lowest BCUT2D eigenvalue weighted by Gasteiger charge is -2.23. The number of fused-ring (bicyclic) bond motifs is 1. The van der Waals surface area contributed by atoms with Gasteiger partial charge in [-0.15, -0.1) is 0 Å². The van der Waals surface area contributed by atoms with Crippen LogP contribution in [0, 0.1) is 13.8 Å². The molecule has 0 aliphatic carbocycles. The van der Waals surface area contributed by atoms with Gasteiger partial charge in [-0.25, -0.2) is 4.98 Å². The Kier molecular flexibility index (Phi) is 5.86. The number of ether oxygens (including phenoxy) is 1. The summed E-state index contributed by atoms with van der Waals surface area (Å²) in [6.07, 6.45) is 0. The molecule has 1 amide bonds. The topological polar surface area (TPSA) is 79.7 Å². The average Bonchev–Trinajstić information content (AvgIpc) is 3.38. The number of thiazole rings is 1. The third-order valence-electron chi connectivity index (χ3n) is 6.03. The van der Waals surface area contributed by atoms with Gasteiger partial charge in [0.15, 0.2) is 5.13 Å². The van der Waals surface area contributed by atoms with Gasteiger partial charge in [-0.1, -0.05) is 71.0 Å². The molecule has 3 aromatic carbocycles. The summed E-state index contributed by atoms with van der Waals surface area (Å²) < 4.78 is 6.44. The molecule has 1 atom stereocenters. The van der Waals surface area contributed by atoms with Gasteiger partial charge in [0, 0.05) is 5.56 Å². The first-order chi connectivity index (χ1) is 16.9. The summed E-state index contributed by atoms with van der Waals surface area (Å²) in [6, 6.07) is 19.6. The number of carbonyl (C=O) groups is 2. The highest BCUT2D eigenvalue weighted by atomic mass is 32.1. The number of carbonyl (C=O) groups excluding carboxylic acids is 2. The second-order valence-corrected chi connectivity index (χ2v) is 9.51. The number of aliphatic hydroxyl groups excluding tert-OH is 1. The number of Topliss-reactive ketones (excluding diaryl/α,β-unsaturated/α-hetero) is 1. The van der Waals surface area contributed by atoms with Gasteiger partial charge in [0.25, 0.3) is 5.78 Å². The summed E-state index contributed by atoms with van der Waals surface area (Å²) in [7, 11) is 0. The van der Waals surface area contributed by atoms with Gasteiger partial charge in [-0.05, 0) is 44.5 Å². The molecule has 0 unspecified atom stereocenters. The van der Waals surface area contributed by atoms with Crippen LogP contribution in [0.15, 0.2) is 72.3 Å². The predicted octanol–water partition coefficient (Wildman–Crippen LogP) is 5.94. The summed E-state index contributed by atoms with van der Waals surface area (Å²) in [4.78, 5) is 32.8. The van der Waals surface area contributed by atoms with Crippen molar-refractivity contribution in [3.63, 3.8) is 0 Å². The lowest BCUT2D eigenvalue weighted by Crippen LogP contribution is -2.29. The van der Waals surface area contributed by atoms with Crippen LogP contribution in [0.25, 0.3) is 16.0 Å². The smallest absolute Gasteiger partial charge is 0.301 e. The molecule has 1 aromatic heterocycles. The maximum absolute atomic E-state index is 13.4. The predicted molar refractivity (Wildman–Crippen MR) is 138 cm³/mol. The zero-order valence-corrected chi connectivity index (χ0v) is 20.4. The number of benzene rings is 3. The fourth-order valence-corrected chi connectivity index (χ4v) is 5.23. The Balaban J connectivity index is 1.69. The molecule has 5 rings (SSSR count). The van der Waals surface area contributed by atoms with E-state index in [0.717, 1.165) is 21.4 Å². The maximum Gasteiger partial charge on any atom is 0.301 e. The van der Waals surface area contributed by atoms with Gasteiger partial charge in [0.05, 0.1) is 28.4 Å². The van der Waals surface area contributed by atoms with Crippen molar-refractivity contribution in [2.24, 2.45) is 0 Å². The van der Waals surface area contributed by atoms with E-state index in [0.29, 0.717) is 28.6 Å². The molecule has 0 bridgehead atoms. The fourth-order valence-electron chi connectivity index (χ4n) is 4.21. The number of amides is 1. The third-order valence-corrected chi connectivity index (χ3v) is 7.05. The second-order valence-electron chi connectivity index (χ2n) is 8.50. The zero-order valence-electron chi connectivity index (χ0n) is 19.6. The molecule has 1 fully saturated rings. The van der Waals surface area contributed by atoms with Crippen LogP contribution in [0.2, 0.25) is 0 Å². The molecule has 6 nitrogen and oxygen atoms in total. The molecular weight excluding hydrogens is 460 g/mol. The molecule has 7 heteroatoms. The van der Waals surface area contributed by atoms with E-state index < -0.39 is 17.7 Å². The number of aliphatic hydroxyl groups is 1. The summed E-state index contributed by atoms with van der Waals surface area (Å²) in [5.41, 5.74) is 4.04. The number of anilines is 1. The van der Waals surface area contributed by atoms with Crippen molar-refractivity contribution in [3.8, 4) is 5.75 Å². The highest BCUT2D eigenvalue weighted by molar-refractivity contribution is 7.22. The summed E-state index contributed by atoms with van der Waals surface area (Å²) in [5, 5.41) is 11.6. The van der Waals surface area contributed by atoms with E-state index in [1.165, 1.54) is 16.2 Å².